The van der Waals surface area contributed by atoms with Crippen LogP contribution < -0.4 is 9.47 Å². The number of hydrogen-bond acceptors (Lipinski definition) is 9. The molecule has 37 heavy (non-hydrogen) atoms. The molecule has 9 heteroatoms. The molecule has 1 aliphatic heterocycles. The van der Waals surface area contributed by atoms with E-state index in [0.29, 0.717) is 58.4 Å². The van der Waals surface area contributed by atoms with Crippen LogP contribution in [0.1, 0.15) is 30.3 Å². The van der Waals surface area contributed by atoms with Gasteiger partial charge in [-0.15, -0.1) is 0 Å². The van der Waals surface area contributed by atoms with Gasteiger partial charge in [0.25, 0.3) is 0 Å². The van der Waals surface area contributed by atoms with E-state index in [9.17, 15) is 10.4 Å². The number of nitrogens with zero attached hydrogens (tertiary/aromatic N) is 4. The van der Waals surface area contributed by atoms with Crippen molar-refractivity contribution in [3.05, 3.63) is 60.0 Å². The van der Waals surface area contributed by atoms with Gasteiger partial charge in [0.1, 0.15) is 41.2 Å². The molecule has 1 saturated heterocycles. The van der Waals surface area contributed by atoms with Gasteiger partial charge in [-0.1, -0.05) is 6.07 Å². The highest BCUT2D eigenvalue weighted by molar-refractivity contribution is 5.93. The van der Waals surface area contributed by atoms with Gasteiger partial charge in [0.2, 0.25) is 0 Å². The summed E-state index contributed by atoms with van der Waals surface area (Å²) in [6.45, 7) is 1.33. The molecule has 4 aromatic rings. The maximum atomic E-state index is 10.3. The SMILES string of the molecule is COc1cc(C(O)N(C)C)ncc1-c1cc2nccc(-c3ccc(OC4CCOCC4)c(C#N)c3)c2o1. The Morgan fingerprint density at radius 3 is 2.62 bits per heavy atom. The van der Waals surface area contributed by atoms with E-state index in [0.717, 1.165) is 24.0 Å². The predicted molar refractivity (Wildman–Crippen MR) is 137 cm³/mol. The van der Waals surface area contributed by atoms with Crippen LogP contribution in [0.25, 0.3) is 33.6 Å². The third-order valence-corrected chi connectivity index (χ3v) is 6.41. The Bertz CT molecular complexity index is 1450. The third-order valence-electron chi connectivity index (χ3n) is 6.41. The number of furan rings is 1. The average Bonchev–Trinajstić information content (AvgIpc) is 3.37. The van der Waals surface area contributed by atoms with E-state index in [2.05, 4.69) is 16.0 Å². The van der Waals surface area contributed by atoms with Crippen LogP contribution >= 0.6 is 0 Å². The van der Waals surface area contributed by atoms with Crippen LogP contribution in [0.3, 0.4) is 0 Å². The van der Waals surface area contributed by atoms with Crippen molar-refractivity contribution in [1.82, 2.24) is 14.9 Å². The number of aliphatic hydroxyl groups excluding tert-OH is 1. The van der Waals surface area contributed by atoms with Crippen molar-refractivity contribution in [3.63, 3.8) is 0 Å². The lowest BCUT2D eigenvalue weighted by Gasteiger charge is -2.23. The van der Waals surface area contributed by atoms with Crippen LogP contribution in [0.5, 0.6) is 11.5 Å². The molecule has 0 spiro atoms. The largest absolute Gasteiger partial charge is 0.496 e. The summed E-state index contributed by atoms with van der Waals surface area (Å²) in [6, 6.07) is 13.2. The molecule has 5 rings (SSSR count). The predicted octanol–water partition coefficient (Wildman–Crippen LogP) is 4.55. The number of ether oxygens (including phenoxy) is 3. The van der Waals surface area contributed by atoms with E-state index in [-0.39, 0.29) is 6.10 Å². The second-order valence-electron chi connectivity index (χ2n) is 9.08. The Labute approximate surface area is 214 Å². The summed E-state index contributed by atoms with van der Waals surface area (Å²) in [5.41, 5.74) is 4.43. The van der Waals surface area contributed by atoms with Crippen molar-refractivity contribution in [3.8, 4) is 40.0 Å². The van der Waals surface area contributed by atoms with Crippen LogP contribution in [0.15, 0.2) is 53.2 Å². The molecule has 4 heterocycles. The van der Waals surface area contributed by atoms with E-state index in [1.807, 2.05) is 30.3 Å². The number of aromatic nitrogens is 2. The molecule has 3 aromatic heterocycles. The number of hydrogen-bond donors (Lipinski definition) is 1. The smallest absolute Gasteiger partial charge is 0.161 e. The summed E-state index contributed by atoms with van der Waals surface area (Å²) in [4.78, 5) is 10.5. The molecule has 0 amide bonds. The average molecular weight is 501 g/mol. The van der Waals surface area contributed by atoms with Crippen molar-refractivity contribution >= 4 is 11.1 Å². The minimum Gasteiger partial charge on any atom is -0.496 e. The second kappa shape index (κ2) is 10.6. The zero-order valence-corrected chi connectivity index (χ0v) is 21.0. The first-order valence-electron chi connectivity index (χ1n) is 12.0. The Balaban J connectivity index is 1.50. The van der Waals surface area contributed by atoms with Gasteiger partial charge >= 0.3 is 0 Å². The number of nitriles is 1. The van der Waals surface area contributed by atoms with Crippen molar-refractivity contribution in [2.45, 2.75) is 25.2 Å². The molecule has 0 saturated carbocycles. The number of aliphatic hydroxyl groups is 1. The minimum atomic E-state index is -0.861. The first kappa shape index (κ1) is 24.7. The van der Waals surface area contributed by atoms with Crippen molar-refractivity contribution in [2.75, 3.05) is 34.4 Å². The highest BCUT2D eigenvalue weighted by Crippen LogP contribution is 2.38. The number of methoxy groups -OCH3 is 1. The maximum absolute atomic E-state index is 10.3. The quantitative estimate of drug-likeness (QED) is 0.365. The van der Waals surface area contributed by atoms with Gasteiger partial charge in [0, 0.05) is 42.9 Å². The number of benzene rings is 1. The summed E-state index contributed by atoms with van der Waals surface area (Å²) in [5.74, 6) is 1.62. The van der Waals surface area contributed by atoms with Crippen LogP contribution in [-0.2, 0) is 4.74 Å². The Morgan fingerprint density at radius 1 is 1.08 bits per heavy atom. The van der Waals surface area contributed by atoms with Crippen molar-refractivity contribution in [2.24, 2.45) is 0 Å². The lowest BCUT2D eigenvalue weighted by Crippen LogP contribution is -2.26. The molecule has 1 N–H and O–H groups in total. The standard InChI is InChI=1S/C28H28N4O5/c1-32(2)28(33)23-14-25(34-3)21(16-31-23)26-13-22-27(37-26)20(6-9-30-22)17-4-5-24(18(12-17)15-29)36-19-7-10-35-11-8-19/h4-6,9,12-14,16,19,28,33H,7-8,10-11H2,1-3H3. The Morgan fingerprint density at radius 2 is 1.89 bits per heavy atom. The van der Waals surface area contributed by atoms with Gasteiger partial charge in [-0.05, 0) is 37.9 Å². The first-order valence-corrected chi connectivity index (χ1v) is 12.0. The lowest BCUT2D eigenvalue weighted by atomic mass is 10.0. The van der Waals surface area contributed by atoms with Crippen LogP contribution in [0.2, 0.25) is 0 Å². The van der Waals surface area contributed by atoms with Gasteiger partial charge in [-0.25, -0.2) is 0 Å². The Kier molecular flexibility index (Phi) is 7.06. The van der Waals surface area contributed by atoms with Crippen LogP contribution in [0, 0.1) is 11.3 Å². The summed E-state index contributed by atoms with van der Waals surface area (Å²) >= 11 is 0. The van der Waals surface area contributed by atoms with Gasteiger partial charge in [0.05, 0.1) is 37.1 Å². The molecule has 0 aliphatic carbocycles. The minimum absolute atomic E-state index is 0.0424. The summed E-state index contributed by atoms with van der Waals surface area (Å²) in [6.07, 6.45) is 4.12. The molecule has 1 fully saturated rings. The second-order valence-corrected chi connectivity index (χ2v) is 9.08. The summed E-state index contributed by atoms with van der Waals surface area (Å²) < 4.78 is 23.4. The third kappa shape index (κ3) is 5.00. The molecule has 0 bridgehead atoms. The van der Waals surface area contributed by atoms with Gasteiger partial charge < -0.3 is 23.7 Å². The zero-order chi connectivity index (χ0) is 25.9. The fourth-order valence-corrected chi connectivity index (χ4v) is 4.37. The molecular weight excluding hydrogens is 472 g/mol. The molecule has 0 radical (unpaired) electrons. The fourth-order valence-electron chi connectivity index (χ4n) is 4.37. The highest BCUT2D eigenvalue weighted by atomic mass is 16.5. The maximum Gasteiger partial charge on any atom is 0.161 e. The van der Waals surface area contributed by atoms with Gasteiger partial charge in [-0.2, -0.15) is 5.26 Å². The lowest BCUT2D eigenvalue weighted by molar-refractivity contribution is 0.0254. The van der Waals surface area contributed by atoms with E-state index >= 15 is 0 Å². The fraction of sp³-hybridized carbons (Fsp3) is 0.321. The Hall–Kier alpha value is -3.97. The molecular formula is C28H28N4O5. The number of pyridine rings is 2. The highest BCUT2D eigenvalue weighted by Gasteiger charge is 2.21. The van der Waals surface area contributed by atoms with E-state index in [4.69, 9.17) is 18.6 Å². The van der Waals surface area contributed by atoms with E-state index in [1.54, 1.807) is 44.6 Å². The van der Waals surface area contributed by atoms with Crippen LogP contribution in [-0.4, -0.2) is 60.5 Å². The topological polar surface area (TPSA) is 114 Å². The van der Waals surface area contributed by atoms with Crippen molar-refractivity contribution in [1.29, 1.82) is 5.26 Å². The molecule has 9 nitrogen and oxygen atoms in total. The molecule has 190 valence electrons. The van der Waals surface area contributed by atoms with Crippen molar-refractivity contribution < 1.29 is 23.7 Å². The monoisotopic (exact) mass is 500 g/mol. The zero-order valence-electron chi connectivity index (χ0n) is 21.0. The number of fused-ring (bicyclic) bond motifs is 1. The molecule has 1 unspecified atom stereocenters. The summed E-state index contributed by atoms with van der Waals surface area (Å²) in [7, 11) is 5.09. The molecule has 1 aromatic carbocycles. The van der Waals surface area contributed by atoms with E-state index in [1.165, 1.54) is 0 Å². The normalized spacial score (nSPS) is 15.0. The van der Waals surface area contributed by atoms with E-state index < -0.39 is 6.23 Å². The molecule has 1 aliphatic rings. The van der Waals surface area contributed by atoms with Crippen LogP contribution in [0.4, 0.5) is 0 Å². The van der Waals surface area contributed by atoms with Gasteiger partial charge in [-0.3, -0.25) is 14.9 Å². The first-order chi connectivity index (χ1) is 18.0. The number of rotatable bonds is 7. The van der Waals surface area contributed by atoms with Gasteiger partial charge in [0.15, 0.2) is 5.58 Å². The molecule has 1 atom stereocenters. The summed E-state index contributed by atoms with van der Waals surface area (Å²) in [5, 5.41) is 20.2.